The molecule has 0 fully saturated rings. The molecule has 0 aliphatic carbocycles. The maximum atomic E-state index is 8.98. The summed E-state index contributed by atoms with van der Waals surface area (Å²) in [5, 5.41) is 18.0. The third-order valence-electron chi connectivity index (χ3n) is 2.02. The second kappa shape index (κ2) is 4.35. The van der Waals surface area contributed by atoms with Crippen LogP contribution in [0, 0.1) is 13.8 Å². The Kier molecular flexibility index (Phi) is 3.39. The van der Waals surface area contributed by atoms with Gasteiger partial charge in [-0.25, -0.2) is 0 Å². The van der Waals surface area contributed by atoms with E-state index in [1.807, 2.05) is 26.0 Å². The minimum atomic E-state index is -0.180. The zero-order valence-electron chi connectivity index (χ0n) is 7.99. The van der Waals surface area contributed by atoms with Crippen LogP contribution < -0.4 is 0 Å². The molecule has 13 heavy (non-hydrogen) atoms. The number of hydrogen-bond donors (Lipinski definition) is 2. The van der Waals surface area contributed by atoms with Crippen LogP contribution in [0.3, 0.4) is 0 Å². The van der Waals surface area contributed by atoms with Gasteiger partial charge in [0.2, 0.25) is 0 Å². The summed E-state index contributed by atoms with van der Waals surface area (Å²) in [5.41, 5.74) is 2.79. The topological polar surface area (TPSA) is 53.4 Å². The summed E-state index contributed by atoms with van der Waals surface area (Å²) in [6.45, 7) is 3.75. The van der Waals surface area contributed by atoms with Gasteiger partial charge in [0, 0.05) is 17.3 Å². The van der Waals surface area contributed by atoms with Crippen molar-refractivity contribution < 1.29 is 10.2 Å². The van der Waals surface area contributed by atoms with Gasteiger partial charge in [-0.15, -0.1) is 0 Å². The summed E-state index contributed by atoms with van der Waals surface area (Å²) in [7, 11) is 0. The number of nitrogens with zero attached hydrogens (tertiary/aromatic N) is 1. The van der Waals surface area contributed by atoms with Crippen molar-refractivity contribution in [3.63, 3.8) is 0 Å². The first kappa shape index (κ1) is 10.2. The highest BCUT2D eigenvalue weighted by Gasteiger charge is 2.09. The summed E-state index contributed by atoms with van der Waals surface area (Å²) < 4.78 is 0. The van der Waals surface area contributed by atoms with Crippen LogP contribution >= 0.6 is 0 Å². The van der Waals surface area contributed by atoms with E-state index < -0.39 is 0 Å². The Balaban J connectivity index is 2.99. The molecule has 1 rings (SSSR count). The van der Waals surface area contributed by atoms with E-state index in [2.05, 4.69) is 4.98 Å². The normalized spacial score (nSPS) is 10.8. The first-order valence-electron chi connectivity index (χ1n) is 4.34. The third-order valence-corrected chi connectivity index (χ3v) is 2.02. The highest BCUT2D eigenvalue weighted by molar-refractivity contribution is 5.24. The van der Waals surface area contributed by atoms with E-state index in [1.165, 1.54) is 0 Å². The van der Waals surface area contributed by atoms with Gasteiger partial charge in [-0.3, -0.25) is 4.98 Å². The maximum Gasteiger partial charge on any atom is 0.0521 e. The lowest BCUT2D eigenvalue weighted by atomic mass is 10.0. The van der Waals surface area contributed by atoms with Gasteiger partial charge in [-0.1, -0.05) is 0 Å². The van der Waals surface area contributed by atoms with Crippen molar-refractivity contribution >= 4 is 0 Å². The van der Waals surface area contributed by atoms with Crippen molar-refractivity contribution in [1.29, 1.82) is 0 Å². The molecule has 0 radical (unpaired) electrons. The van der Waals surface area contributed by atoms with Crippen LogP contribution in [0.1, 0.15) is 22.9 Å². The summed E-state index contributed by atoms with van der Waals surface area (Å²) >= 11 is 0. The number of aliphatic hydroxyl groups excluding tert-OH is 2. The first-order valence-corrected chi connectivity index (χ1v) is 4.34. The van der Waals surface area contributed by atoms with E-state index in [1.54, 1.807) is 0 Å². The quantitative estimate of drug-likeness (QED) is 0.724. The van der Waals surface area contributed by atoms with Gasteiger partial charge in [0.05, 0.1) is 13.2 Å². The van der Waals surface area contributed by atoms with Crippen LogP contribution in [0.15, 0.2) is 12.1 Å². The van der Waals surface area contributed by atoms with Gasteiger partial charge in [0.1, 0.15) is 0 Å². The summed E-state index contributed by atoms with van der Waals surface area (Å²) in [6.07, 6.45) is 0. The molecular weight excluding hydrogens is 166 g/mol. The Morgan fingerprint density at radius 3 is 2.00 bits per heavy atom. The van der Waals surface area contributed by atoms with Gasteiger partial charge in [-0.2, -0.15) is 0 Å². The van der Waals surface area contributed by atoms with Gasteiger partial charge >= 0.3 is 0 Å². The van der Waals surface area contributed by atoms with E-state index in [0.29, 0.717) is 0 Å². The number of aryl methyl sites for hydroxylation is 2. The number of aromatic nitrogens is 1. The van der Waals surface area contributed by atoms with Crippen molar-refractivity contribution in [2.24, 2.45) is 0 Å². The molecule has 0 saturated carbocycles. The minimum Gasteiger partial charge on any atom is -0.396 e. The molecule has 0 saturated heterocycles. The third kappa shape index (κ3) is 2.50. The fourth-order valence-electron chi connectivity index (χ4n) is 1.37. The maximum absolute atomic E-state index is 8.98. The number of hydrogen-bond acceptors (Lipinski definition) is 3. The second-order valence-corrected chi connectivity index (χ2v) is 3.25. The van der Waals surface area contributed by atoms with Crippen LogP contribution in [0.2, 0.25) is 0 Å². The van der Waals surface area contributed by atoms with Crippen LogP contribution in [0.4, 0.5) is 0 Å². The minimum absolute atomic E-state index is 0.0284. The largest absolute Gasteiger partial charge is 0.396 e. The zero-order valence-corrected chi connectivity index (χ0v) is 7.99. The highest BCUT2D eigenvalue weighted by atomic mass is 16.3. The predicted molar refractivity (Wildman–Crippen MR) is 50.6 cm³/mol. The molecule has 1 aromatic heterocycles. The van der Waals surface area contributed by atoms with Crippen LogP contribution in [0.25, 0.3) is 0 Å². The van der Waals surface area contributed by atoms with Gasteiger partial charge in [-0.05, 0) is 31.5 Å². The molecule has 72 valence electrons. The van der Waals surface area contributed by atoms with Crippen LogP contribution in [-0.2, 0) is 0 Å². The average Bonchev–Trinajstić information content (AvgIpc) is 2.04. The lowest BCUT2D eigenvalue weighted by Gasteiger charge is -2.12. The Bertz CT molecular complexity index is 262. The molecule has 0 atom stereocenters. The summed E-state index contributed by atoms with van der Waals surface area (Å²) in [5.74, 6) is -0.180. The fraction of sp³-hybridized carbons (Fsp3) is 0.500. The molecule has 0 amide bonds. The highest BCUT2D eigenvalue weighted by Crippen LogP contribution is 2.16. The molecular formula is C10H15NO2. The fourth-order valence-corrected chi connectivity index (χ4v) is 1.37. The molecule has 3 heteroatoms. The van der Waals surface area contributed by atoms with Crippen molar-refractivity contribution in [3.05, 3.63) is 29.1 Å². The molecule has 0 spiro atoms. The number of rotatable bonds is 3. The van der Waals surface area contributed by atoms with Crippen LogP contribution in [-0.4, -0.2) is 28.4 Å². The lowest BCUT2D eigenvalue weighted by molar-refractivity contribution is 0.192. The molecule has 2 N–H and O–H groups in total. The van der Waals surface area contributed by atoms with Gasteiger partial charge in [0.25, 0.3) is 0 Å². The van der Waals surface area contributed by atoms with E-state index >= 15 is 0 Å². The van der Waals surface area contributed by atoms with E-state index in [4.69, 9.17) is 10.2 Å². The molecule has 0 aromatic carbocycles. The van der Waals surface area contributed by atoms with Crippen LogP contribution in [0.5, 0.6) is 0 Å². The Morgan fingerprint density at radius 2 is 1.62 bits per heavy atom. The number of pyridine rings is 1. The van der Waals surface area contributed by atoms with Crippen molar-refractivity contribution in [2.45, 2.75) is 19.8 Å². The lowest BCUT2D eigenvalue weighted by Crippen LogP contribution is -2.09. The number of aliphatic hydroxyl groups is 2. The Hall–Kier alpha value is -0.930. The second-order valence-electron chi connectivity index (χ2n) is 3.25. The van der Waals surface area contributed by atoms with Crippen molar-refractivity contribution in [1.82, 2.24) is 4.98 Å². The van der Waals surface area contributed by atoms with Crippen molar-refractivity contribution in [3.8, 4) is 0 Å². The molecule has 1 heterocycles. The molecule has 0 bridgehead atoms. The first-order chi connectivity index (χ1) is 6.17. The van der Waals surface area contributed by atoms with E-state index in [0.717, 1.165) is 17.0 Å². The zero-order chi connectivity index (χ0) is 9.84. The average molecular weight is 181 g/mol. The smallest absolute Gasteiger partial charge is 0.0521 e. The SMILES string of the molecule is Cc1cc(C(CO)CO)cc(C)n1. The Morgan fingerprint density at radius 1 is 1.15 bits per heavy atom. The molecule has 0 aliphatic rings. The summed E-state index contributed by atoms with van der Waals surface area (Å²) in [4.78, 5) is 4.22. The molecule has 0 unspecified atom stereocenters. The molecule has 3 nitrogen and oxygen atoms in total. The predicted octanol–water partition coefficient (Wildman–Crippen LogP) is 0.767. The standard InChI is InChI=1S/C10H15NO2/c1-7-3-9(4-8(2)11-7)10(5-12)6-13/h3-4,10,12-13H,5-6H2,1-2H3. The molecule has 0 aliphatic heterocycles. The van der Waals surface area contributed by atoms with Gasteiger partial charge in [0.15, 0.2) is 0 Å². The van der Waals surface area contributed by atoms with Gasteiger partial charge < -0.3 is 10.2 Å². The monoisotopic (exact) mass is 181 g/mol. The van der Waals surface area contributed by atoms with E-state index in [-0.39, 0.29) is 19.1 Å². The summed E-state index contributed by atoms with van der Waals surface area (Å²) in [6, 6.07) is 3.79. The molecule has 1 aromatic rings. The Labute approximate surface area is 78.1 Å². The van der Waals surface area contributed by atoms with E-state index in [9.17, 15) is 0 Å². The van der Waals surface area contributed by atoms with Crippen molar-refractivity contribution in [2.75, 3.05) is 13.2 Å².